The molecule has 0 aliphatic rings. The second kappa shape index (κ2) is 8.79. The number of hydrogen-bond donors (Lipinski definition) is 2. The molecule has 2 N–H and O–H groups in total. The predicted molar refractivity (Wildman–Crippen MR) is 90.2 cm³/mol. The summed E-state index contributed by atoms with van der Waals surface area (Å²) in [5.74, 6) is 0.831. The Morgan fingerprint density at radius 2 is 1.91 bits per heavy atom. The van der Waals surface area contributed by atoms with Gasteiger partial charge in [-0.2, -0.15) is 0 Å². The molecule has 22 heavy (non-hydrogen) atoms. The van der Waals surface area contributed by atoms with E-state index in [4.69, 9.17) is 21.4 Å². The molecule has 0 aliphatic carbocycles. The lowest BCUT2D eigenvalue weighted by atomic mass is 10.2. The van der Waals surface area contributed by atoms with Crippen molar-refractivity contribution in [2.24, 2.45) is 0 Å². The zero-order valence-electron chi connectivity index (χ0n) is 12.8. The molecular formula is C18H22ClNO2. The molecule has 0 unspecified atom stereocenters. The van der Waals surface area contributed by atoms with Gasteiger partial charge in [-0.25, -0.2) is 0 Å². The Balaban J connectivity index is 1.84. The average molecular weight is 320 g/mol. The third-order valence-corrected chi connectivity index (χ3v) is 3.76. The monoisotopic (exact) mass is 319 g/mol. The maximum Gasteiger partial charge on any atom is 0.119 e. The van der Waals surface area contributed by atoms with E-state index in [1.165, 1.54) is 5.56 Å². The van der Waals surface area contributed by atoms with Crippen LogP contribution in [0.15, 0.2) is 48.5 Å². The summed E-state index contributed by atoms with van der Waals surface area (Å²) < 4.78 is 5.75. The van der Waals surface area contributed by atoms with Crippen LogP contribution in [0.4, 0.5) is 0 Å². The van der Waals surface area contributed by atoms with Crippen LogP contribution in [0.3, 0.4) is 0 Å². The summed E-state index contributed by atoms with van der Waals surface area (Å²) >= 11 is 5.95. The first-order valence-corrected chi connectivity index (χ1v) is 7.89. The summed E-state index contributed by atoms with van der Waals surface area (Å²) in [6, 6.07) is 15.8. The van der Waals surface area contributed by atoms with Crippen molar-refractivity contribution in [1.29, 1.82) is 0 Å². The Kier molecular flexibility index (Phi) is 6.72. The van der Waals surface area contributed by atoms with Crippen LogP contribution in [0.1, 0.15) is 24.5 Å². The highest BCUT2D eigenvalue weighted by Gasteiger charge is 2.03. The molecule has 2 rings (SSSR count). The minimum atomic E-state index is 0.152. The van der Waals surface area contributed by atoms with E-state index in [2.05, 4.69) is 12.2 Å². The van der Waals surface area contributed by atoms with Gasteiger partial charge >= 0.3 is 0 Å². The standard InChI is InChI=1S/C18H22ClNO2/c1-2-17(12-21)20-11-14-6-8-18(9-7-14)22-13-15-4-3-5-16(19)10-15/h3-10,17,20-21H,2,11-13H2,1H3/t17-/m1/s1. The molecule has 0 spiro atoms. The number of benzene rings is 2. The molecule has 0 aliphatic heterocycles. The quantitative estimate of drug-likeness (QED) is 0.778. The molecule has 118 valence electrons. The summed E-state index contributed by atoms with van der Waals surface area (Å²) in [4.78, 5) is 0. The van der Waals surface area contributed by atoms with E-state index in [9.17, 15) is 0 Å². The molecule has 0 amide bonds. The lowest BCUT2D eigenvalue weighted by molar-refractivity contribution is 0.238. The van der Waals surface area contributed by atoms with Crippen molar-refractivity contribution in [2.45, 2.75) is 32.5 Å². The van der Waals surface area contributed by atoms with Crippen LogP contribution in [-0.4, -0.2) is 17.8 Å². The van der Waals surface area contributed by atoms with E-state index in [0.717, 1.165) is 29.3 Å². The predicted octanol–water partition coefficient (Wildman–Crippen LogP) is 3.78. The van der Waals surface area contributed by atoms with Crippen molar-refractivity contribution in [3.8, 4) is 5.75 Å². The van der Waals surface area contributed by atoms with E-state index >= 15 is 0 Å². The van der Waals surface area contributed by atoms with Gasteiger partial charge in [-0.1, -0.05) is 42.8 Å². The zero-order valence-corrected chi connectivity index (χ0v) is 13.5. The molecule has 0 radical (unpaired) electrons. The Labute approximate surface area is 136 Å². The van der Waals surface area contributed by atoms with Crippen molar-refractivity contribution >= 4 is 11.6 Å². The van der Waals surface area contributed by atoms with Crippen LogP contribution in [0.5, 0.6) is 5.75 Å². The van der Waals surface area contributed by atoms with Gasteiger partial charge in [0.05, 0.1) is 6.61 Å². The number of nitrogens with one attached hydrogen (secondary N) is 1. The average Bonchev–Trinajstić information content (AvgIpc) is 2.55. The molecule has 2 aromatic carbocycles. The Morgan fingerprint density at radius 3 is 2.55 bits per heavy atom. The highest BCUT2D eigenvalue weighted by molar-refractivity contribution is 6.30. The number of hydrogen-bond acceptors (Lipinski definition) is 3. The van der Waals surface area contributed by atoms with Crippen LogP contribution in [0, 0.1) is 0 Å². The fourth-order valence-corrected chi connectivity index (χ4v) is 2.31. The maximum absolute atomic E-state index is 9.15. The van der Waals surface area contributed by atoms with E-state index in [-0.39, 0.29) is 12.6 Å². The topological polar surface area (TPSA) is 41.5 Å². The highest BCUT2D eigenvalue weighted by Crippen LogP contribution is 2.16. The van der Waals surface area contributed by atoms with Crippen LogP contribution >= 0.6 is 11.6 Å². The van der Waals surface area contributed by atoms with Gasteiger partial charge in [0.15, 0.2) is 0 Å². The minimum Gasteiger partial charge on any atom is -0.489 e. The summed E-state index contributed by atoms with van der Waals surface area (Å²) in [6.45, 7) is 3.46. The first-order valence-electron chi connectivity index (χ1n) is 7.51. The smallest absolute Gasteiger partial charge is 0.119 e. The number of rotatable bonds is 8. The van der Waals surface area contributed by atoms with Gasteiger partial charge in [0.2, 0.25) is 0 Å². The molecule has 3 nitrogen and oxygen atoms in total. The van der Waals surface area contributed by atoms with Crippen molar-refractivity contribution in [3.05, 3.63) is 64.7 Å². The third-order valence-electron chi connectivity index (χ3n) is 3.53. The number of aliphatic hydroxyl groups excluding tert-OH is 1. The van der Waals surface area contributed by atoms with Crippen LogP contribution in [0.2, 0.25) is 5.02 Å². The van der Waals surface area contributed by atoms with Crippen LogP contribution < -0.4 is 10.1 Å². The fraction of sp³-hybridized carbons (Fsp3) is 0.333. The van der Waals surface area contributed by atoms with Crippen molar-refractivity contribution in [3.63, 3.8) is 0 Å². The number of ether oxygens (including phenoxy) is 1. The van der Waals surface area contributed by atoms with Crippen molar-refractivity contribution < 1.29 is 9.84 Å². The van der Waals surface area contributed by atoms with E-state index in [1.807, 2.05) is 48.5 Å². The van der Waals surface area contributed by atoms with Crippen LogP contribution in [0.25, 0.3) is 0 Å². The minimum absolute atomic E-state index is 0.152. The van der Waals surface area contributed by atoms with Gasteiger partial charge in [-0.05, 0) is 41.8 Å². The maximum atomic E-state index is 9.15. The van der Waals surface area contributed by atoms with Gasteiger partial charge in [-0.3, -0.25) is 0 Å². The van der Waals surface area contributed by atoms with E-state index < -0.39 is 0 Å². The van der Waals surface area contributed by atoms with Gasteiger partial charge in [0, 0.05) is 17.6 Å². The SMILES string of the molecule is CC[C@H](CO)NCc1ccc(OCc2cccc(Cl)c2)cc1. The Hall–Kier alpha value is -1.55. The third kappa shape index (κ3) is 5.34. The lowest BCUT2D eigenvalue weighted by Gasteiger charge is -2.14. The molecule has 0 bridgehead atoms. The molecule has 0 aromatic heterocycles. The molecule has 0 heterocycles. The Bertz CT molecular complexity index is 568. The Morgan fingerprint density at radius 1 is 1.14 bits per heavy atom. The van der Waals surface area contributed by atoms with Gasteiger partial charge in [-0.15, -0.1) is 0 Å². The van der Waals surface area contributed by atoms with Gasteiger partial charge in [0.25, 0.3) is 0 Å². The second-order valence-electron chi connectivity index (χ2n) is 5.23. The first-order chi connectivity index (χ1) is 10.7. The first kappa shape index (κ1) is 16.8. The fourth-order valence-electron chi connectivity index (χ4n) is 2.10. The molecule has 0 fully saturated rings. The zero-order chi connectivity index (χ0) is 15.8. The van der Waals surface area contributed by atoms with E-state index in [0.29, 0.717) is 6.61 Å². The summed E-state index contributed by atoms with van der Waals surface area (Å²) in [5, 5.41) is 13.2. The highest BCUT2D eigenvalue weighted by atomic mass is 35.5. The van der Waals surface area contributed by atoms with Crippen molar-refractivity contribution in [2.75, 3.05) is 6.61 Å². The van der Waals surface area contributed by atoms with E-state index in [1.54, 1.807) is 0 Å². The van der Waals surface area contributed by atoms with Gasteiger partial charge < -0.3 is 15.2 Å². The molecule has 0 saturated carbocycles. The van der Waals surface area contributed by atoms with Gasteiger partial charge in [0.1, 0.15) is 12.4 Å². The normalized spacial score (nSPS) is 12.1. The molecule has 0 saturated heterocycles. The summed E-state index contributed by atoms with van der Waals surface area (Å²) in [5.41, 5.74) is 2.22. The number of halogens is 1. The molecule has 1 atom stereocenters. The summed E-state index contributed by atoms with van der Waals surface area (Å²) in [6.07, 6.45) is 0.914. The molecule has 2 aromatic rings. The van der Waals surface area contributed by atoms with Crippen molar-refractivity contribution in [1.82, 2.24) is 5.32 Å². The van der Waals surface area contributed by atoms with Crippen LogP contribution in [-0.2, 0) is 13.2 Å². The number of aliphatic hydroxyl groups is 1. The molecular weight excluding hydrogens is 298 g/mol. The molecule has 4 heteroatoms. The lowest BCUT2D eigenvalue weighted by Crippen LogP contribution is -2.31. The summed E-state index contributed by atoms with van der Waals surface area (Å²) in [7, 11) is 0. The second-order valence-corrected chi connectivity index (χ2v) is 5.67. The largest absolute Gasteiger partial charge is 0.489 e.